The molecule has 0 fully saturated rings. The van der Waals surface area contributed by atoms with Gasteiger partial charge >= 0.3 is 7.60 Å². The third kappa shape index (κ3) is 4.74. The van der Waals surface area contributed by atoms with Gasteiger partial charge in [0.1, 0.15) is 0 Å². The lowest BCUT2D eigenvalue weighted by Crippen LogP contribution is -2.14. The SMILES string of the molecule is COP(=O)(OC)c1nc(C=Cc2ccccc2)oc1NCc1ccccc1. The highest BCUT2D eigenvalue weighted by Gasteiger charge is 2.33. The van der Waals surface area contributed by atoms with Gasteiger partial charge in [-0.25, -0.2) is 0 Å². The molecule has 0 atom stereocenters. The first-order chi connectivity index (χ1) is 13.1. The Kier molecular flexibility index (Phi) is 6.24. The lowest BCUT2D eigenvalue weighted by molar-refractivity contribution is 0.286. The van der Waals surface area contributed by atoms with Crippen LogP contribution in [0.2, 0.25) is 0 Å². The van der Waals surface area contributed by atoms with Crippen LogP contribution in [0.4, 0.5) is 5.88 Å². The van der Waals surface area contributed by atoms with Crippen molar-refractivity contribution >= 4 is 31.1 Å². The molecule has 2 aromatic carbocycles. The predicted octanol–water partition coefficient (Wildman–Crippen LogP) is 4.57. The maximum Gasteiger partial charge on any atom is 0.384 e. The molecule has 0 amide bonds. The number of nitrogens with zero attached hydrogens (tertiary/aromatic N) is 1. The number of anilines is 1. The summed E-state index contributed by atoms with van der Waals surface area (Å²) in [6, 6.07) is 19.5. The Morgan fingerprint density at radius 1 is 1.00 bits per heavy atom. The van der Waals surface area contributed by atoms with Gasteiger partial charge in [0.2, 0.25) is 17.2 Å². The van der Waals surface area contributed by atoms with E-state index in [-0.39, 0.29) is 11.3 Å². The second-order valence-electron chi connectivity index (χ2n) is 5.65. The Morgan fingerprint density at radius 3 is 2.26 bits per heavy atom. The maximum absolute atomic E-state index is 12.8. The molecule has 0 aliphatic rings. The van der Waals surface area contributed by atoms with Crippen LogP contribution in [-0.2, 0) is 20.2 Å². The van der Waals surface area contributed by atoms with Crippen LogP contribution in [0.1, 0.15) is 17.0 Å². The summed E-state index contributed by atoms with van der Waals surface area (Å²) < 4.78 is 28.8. The number of aromatic nitrogens is 1. The van der Waals surface area contributed by atoms with Crippen LogP contribution >= 0.6 is 7.60 Å². The molecule has 140 valence electrons. The van der Waals surface area contributed by atoms with E-state index in [0.717, 1.165) is 11.1 Å². The highest BCUT2D eigenvalue weighted by atomic mass is 31.2. The van der Waals surface area contributed by atoms with Crippen molar-refractivity contribution < 1.29 is 18.0 Å². The summed E-state index contributed by atoms with van der Waals surface area (Å²) in [4.78, 5) is 4.32. The van der Waals surface area contributed by atoms with E-state index in [1.807, 2.05) is 66.7 Å². The van der Waals surface area contributed by atoms with Gasteiger partial charge in [-0.3, -0.25) is 4.57 Å². The fraction of sp³-hybridized carbons (Fsp3) is 0.150. The summed E-state index contributed by atoms with van der Waals surface area (Å²) in [7, 11) is -0.931. The molecule has 0 saturated heterocycles. The minimum absolute atomic E-state index is 0.121. The molecule has 7 heteroatoms. The zero-order valence-electron chi connectivity index (χ0n) is 15.2. The van der Waals surface area contributed by atoms with Crippen molar-refractivity contribution in [3.63, 3.8) is 0 Å². The van der Waals surface area contributed by atoms with E-state index in [0.29, 0.717) is 12.4 Å². The average molecular weight is 384 g/mol. The standard InChI is InChI=1S/C20H21N2O4P/c1-24-27(23,25-2)20-19(21-15-17-11-7-4-8-12-17)26-18(22-20)14-13-16-9-5-3-6-10-16/h3-14,21H,15H2,1-2H3. The molecule has 0 saturated carbocycles. The van der Waals surface area contributed by atoms with Crippen LogP contribution in [0.15, 0.2) is 65.1 Å². The van der Waals surface area contributed by atoms with Crippen molar-refractivity contribution in [2.24, 2.45) is 0 Å². The number of hydrogen-bond acceptors (Lipinski definition) is 6. The molecule has 1 aromatic heterocycles. The summed E-state index contributed by atoms with van der Waals surface area (Å²) in [5, 5.41) is 3.13. The average Bonchev–Trinajstić information content (AvgIpc) is 3.15. The summed E-state index contributed by atoms with van der Waals surface area (Å²) in [6.45, 7) is 0.484. The van der Waals surface area contributed by atoms with Crippen molar-refractivity contribution in [3.05, 3.63) is 77.7 Å². The van der Waals surface area contributed by atoms with Crippen LogP contribution in [0.3, 0.4) is 0 Å². The fourth-order valence-corrected chi connectivity index (χ4v) is 3.55. The molecule has 0 aliphatic carbocycles. The first-order valence-electron chi connectivity index (χ1n) is 8.38. The lowest BCUT2D eigenvalue weighted by Gasteiger charge is -2.12. The third-order valence-electron chi connectivity index (χ3n) is 3.88. The van der Waals surface area contributed by atoms with Crippen LogP contribution in [-0.4, -0.2) is 19.2 Å². The molecule has 0 spiro atoms. The minimum Gasteiger partial charge on any atom is -0.420 e. The van der Waals surface area contributed by atoms with Gasteiger partial charge in [0.15, 0.2) is 0 Å². The number of oxazole rings is 1. The fourth-order valence-electron chi connectivity index (χ4n) is 2.46. The summed E-state index contributed by atoms with van der Waals surface area (Å²) in [6.07, 6.45) is 3.57. The van der Waals surface area contributed by atoms with Crippen LogP contribution in [0.25, 0.3) is 12.2 Å². The molecule has 3 rings (SSSR count). The van der Waals surface area contributed by atoms with Crippen molar-refractivity contribution in [1.82, 2.24) is 4.98 Å². The zero-order valence-corrected chi connectivity index (χ0v) is 16.1. The molecule has 1 N–H and O–H groups in total. The summed E-state index contributed by atoms with van der Waals surface area (Å²) in [5.41, 5.74) is 2.17. The van der Waals surface area contributed by atoms with Crippen LogP contribution in [0, 0.1) is 0 Å². The van der Waals surface area contributed by atoms with E-state index >= 15 is 0 Å². The lowest BCUT2D eigenvalue weighted by atomic mass is 10.2. The van der Waals surface area contributed by atoms with Gasteiger partial charge in [-0.2, -0.15) is 4.98 Å². The van der Waals surface area contributed by atoms with Gasteiger partial charge < -0.3 is 18.8 Å². The number of nitrogens with one attached hydrogen (secondary N) is 1. The molecule has 6 nitrogen and oxygen atoms in total. The molecule has 27 heavy (non-hydrogen) atoms. The molecule has 0 aliphatic heterocycles. The Labute approximate surface area is 158 Å². The van der Waals surface area contributed by atoms with Gasteiger partial charge in [0, 0.05) is 26.8 Å². The molecule has 0 bridgehead atoms. The van der Waals surface area contributed by atoms with E-state index in [4.69, 9.17) is 13.5 Å². The Hall–Kier alpha value is -2.66. The van der Waals surface area contributed by atoms with E-state index in [9.17, 15) is 4.57 Å². The quantitative estimate of drug-likeness (QED) is 0.574. The number of benzene rings is 2. The third-order valence-corrected chi connectivity index (χ3v) is 5.66. The highest BCUT2D eigenvalue weighted by Crippen LogP contribution is 2.47. The molecule has 1 heterocycles. The summed E-state index contributed by atoms with van der Waals surface area (Å²) >= 11 is 0. The van der Waals surface area contributed by atoms with Gasteiger partial charge in [-0.05, 0) is 17.2 Å². The molecule has 0 radical (unpaired) electrons. The van der Waals surface area contributed by atoms with Crippen LogP contribution in [0.5, 0.6) is 0 Å². The molecular formula is C20H21N2O4P. The van der Waals surface area contributed by atoms with Crippen LogP contribution < -0.4 is 10.8 Å². The summed E-state index contributed by atoms with van der Waals surface area (Å²) in [5.74, 6) is 0.567. The monoisotopic (exact) mass is 384 g/mol. The second kappa shape index (κ2) is 8.82. The molecular weight excluding hydrogens is 363 g/mol. The van der Waals surface area contributed by atoms with E-state index in [1.54, 1.807) is 6.08 Å². The molecule has 0 unspecified atom stereocenters. The largest absolute Gasteiger partial charge is 0.420 e. The van der Waals surface area contributed by atoms with Crippen molar-refractivity contribution in [3.8, 4) is 0 Å². The van der Waals surface area contributed by atoms with Crippen molar-refractivity contribution in [1.29, 1.82) is 0 Å². The Bertz CT molecular complexity index is 931. The van der Waals surface area contributed by atoms with E-state index in [2.05, 4.69) is 10.3 Å². The minimum atomic E-state index is -3.57. The number of rotatable bonds is 8. The Balaban J connectivity index is 1.88. The molecule has 3 aromatic rings. The first-order valence-corrected chi connectivity index (χ1v) is 9.93. The van der Waals surface area contributed by atoms with E-state index < -0.39 is 7.60 Å². The maximum atomic E-state index is 12.8. The normalized spacial score (nSPS) is 11.8. The predicted molar refractivity (Wildman–Crippen MR) is 107 cm³/mol. The van der Waals surface area contributed by atoms with Gasteiger partial charge in [0.25, 0.3) is 0 Å². The first kappa shape index (κ1) is 19.1. The van der Waals surface area contributed by atoms with Gasteiger partial charge in [-0.15, -0.1) is 0 Å². The van der Waals surface area contributed by atoms with Gasteiger partial charge in [-0.1, -0.05) is 60.7 Å². The Morgan fingerprint density at radius 2 is 1.63 bits per heavy atom. The second-order valence-corrected chi connectivity index (χ2v) is 7.80. The zero-order chi connectivity index (χ0) is 19.1. The topological polar surface area (TPSA) is 73.6 Å². The van der Waals surface area contributed by atoms with Gasteiger partial charge in [0.05, 0.1) is 0 Å². The van der Waals surface area contributed by atoms with Crippen molar-refractivity contribution in [2.45, 2.75) is 6.54 Å². The highest BCUT2D eigenvalue weighted by molar-refractivity contribution is 7.62. The number of hydrogen-bond donors (Lipinski definition) is 1. The van der Waals surface area contributed by atoms with E-state index in [1.165, 1.54) is 14.2 Å². The smallest absolute Gasteiger partial charge is 0.384 e. The van der Waals surface area contributed by atoms with Crippen molar-refractivity contribution in [2.75, 3.05) is 19.5 Å².